The quantitative estimate of drug-likeness (QED) is 0.0547. The SMILES string of the molecule is OC(Cl)CC[N+](CCC(O)Cl)(CCC(O)Cl)CC[N+](CCC(O)Cl)(CCC(O)Cl)CCC(O)Cl.[Cl-].[Cl-]. The van der Waals surface area contributed by atoms with E-state index in [0.29, 0.717) is 61.3 Å². The summed E-state index contributed by atoms with van der Waals surface area (Å²) in [6.07, 6.45) is 1.58. The molecule has 0 aliphatic carbocycles. The van der Waals surface area contributed by atoms with Crippen LogP contribution in [-0.4, -0.2) is 125 Å². The van der Waals surface area contributed by atoms with Crippen LogP contribution in [0.5, 0.6) is 0 Å². The number of hydrogen-bond acceptors (Lipinski definition) is 6. The highest BCUT2D eigenvalue weighted by atomic mass is 35.5. The van der Waals surface area contributed by atoms with E-state index in [4.69, 9.17) is 69.6 Å². The van der Waals surface area contributed by atoms with Crippen LogP contribution in [-0.2, 0) is 0 Å². The Morgan fingerprint density at radius 2 is 0.472 bits per heavy atom. The molecule has 8 nitrogen and oxygen atoms in total. The number of halogens is 8. The molecule has 222 valence electrons. The normalized spacial score (nSPS) is 20.0. The Balaban J connectivity index is -0.00000544. The molecule has 0 aliphatic rings. The van der Waals surface area contributed by atoms with E-state index >= 15 is 0 Å². The van der Waals surface area contributed by atoms with Gasteiger partial charge in [-0.2, -0.15) is 0 Å². The number of aliphatic hydroxyl groups is 6. The van der Waals surface area contributed by atoms with Gasteiger partial charge in [-0.3, -0.25) is 0 Å². The predicted octanol–water partition coefficient (Wildman–Crippen LogP) is -3.69. The van der Waals surface area contributed by atoms with Crippen molar-refractivity contribution in [3.8, 4) is 0 Å². The third kappa shape index (κ3) is 21.8. The van der Waals surface area contributed by atoms with Gasteiger partial charge in [0.2, 0.25) is 0 Å². The maximum absolute atomic E-state index is 9.71. The first-order valence-electron chi connectivity index (χ1n) is 11.3. The van der Waals surface area contributed by atoms with Crippen LogP contribution in [0.2, 0.25) is 0 Å². The summed E-state index contributed by atoms with van der Waals surface area (Å²) in [6, 6.07) is 0. The average Bonchev–Trinajstić information content (AvgIpc) is 2.72. The molecule has 0 saturated carbocycles. The lowest BCUT2D eigenvalue weighted by Crippen LogP contribution is -3.00. The van der Waals surface area contributed by atoms with Gasteiger partial charge in [0.15, 0.2) is 0 Å². The number of alkyl halides is 6. The summed E-state index contributed by atoms with van der Waals surface area (Å²) in [4.78, 5) is 0. The van der Waals surface area contributed by atoms with E-state index in [9.17, 15) is 30.6 Å². The fourth-order valence-corrected chi connectivity index (χ4v) is 4.63. The van der Waals surface area contributed by atoms with Crippen molar-refractivity contribution in [3.05, 3.63) is 0 Å². The minimum absolute atomic E-state index is 0. The molecule has 0 aromatic carbocycles. The first kappa shape index (κ1) is 42.5. The van der Waals surface area contributed by atoms with Crippen molar-refractivity contribution in [1.29, 1.82) is 0 Å². The lowest BCUT2D eigenvalue weighted by Gasteiger charge is -2.45. The first-order chi connectivity index (χ1) is 15.7. The molecule has 0 heterocycles. The van der Waals surface area contributed by atoms with E-state index in [2.05, 4.69) is 0 Å². The van der Waals surface area contributed by atoms with Crippen molar-refractivity contribution in [2.75, 3.05) is 52.4 Å². The van der Waals surface area contributed by atoms with Gasteiger partial charge >= 0.3 is 0 Å². The number of rotatable bonds is 21. The minimum Gasteiger partial charge on any atom is -1.00 e. The predicted molar refractivity (Wildman–Crippen MR) is 138 cm³/mol. The van der Waals surface area contributed by atoms with Crippen molar-refractivity contribution in [3.63, 3.8) is 0 Å². The molecule has 0 rings (SSSR count). The largest absolute Gasteiger partial charge is 1.00 e. The summed E-state index contributed by atoms with van der Waals surface area (Å²) in [5, 5.41) is 58.2. The second kappa shape index (κ2) is 22.7. The Morgan fingerprint density at radius 3 is 0.583 bits per heavy atom. The van der Waals surface area contributed by atoms with E-state index in [0.717, 1.165) is 0 Å². The number of hydrogen-bond donors (Lipinski definition) is 6. The van der Waals surface area contributed by atoms with E-state index < -0.39 is 33.4 Å². The molecule has 6 unspecified atom stereocenters. The molecule has 0 spiro atoms. The summed E-state index contributed by atoms with van der Waals surface area (Å²) in [5.41, 5.74) is -6.40. The third-order valence-corrected chi connectivity index (χ3v) is 7.41. The Morgan fingerprint density at radius 1 is 0.333 bits per heavy atom. The monoisotopic (exact) mass is 684 g/mol. The molecule has 6 atom stereocenters. The van der Waals surface area contributed by atoms with Crippen LogP contribution in [0.4, 0.5) is 0 Å². The van der Waals surface area contributed by atoms with Gasteiger partial charge in [-0.15, -0.1) is 0 Å². The van der Waals surface area contributed by atoms with Crippen molar-refractivity contribution >= 4 is 69.6 Å². The lowest BCUT2D eigenvalue weighted by atomic mass is 10.1. The number of aliphatic hydroxyl groups excluding tert-OH is 6. The Labute approximate surface area is 257 Å². The van der Waals surface area contributed by atoms with Crippen molar-refractivity contribution in [2.45, 2.75) is 71.9 Å². The lowest BCUT2D eigenvalue weighted by molar-refractivity contribution is -0.982. The van der Waals surface area contributed by atoms with Crippen LogP contribution in [0.1, 0.15) is 38.5 Å². The Kier molecular flexibility index (Phi) is 26.7. The molecule has 0 aliphatic heterocycles. The van der Waals surface area contributed by atoms with Crippen molar-refractivity contribution in [2.24, 2.45) is 0 Å². The third-order valence-electron chi connectivity index (χ3n) is 6.10. The fourth-order valence-electron chi connectivity index (χ4n) is 4.05. The highest BCUT2D eigenvalue weighted by Crippen LogP contribution is 2.22. The van der Waals surface area contributed by atoms with E-state index in [-0.39, 0.29) is 63.3 Å². The van der Waals surface area contributed by atoms with Crippen LogP contribution in [0.15, 0.2) is 0 Å². The van der Waals surface area contributed by atoms with Crippen LogP contribution < -0.4 is 24.8 Å². The molecule has 6 N–H and O–H groups in total. The molecular weight excluding hydrogens is 648 g/mol. The van der Waals surface area contributed by atoms with Crippen LogP contribution >= 0.6 is 69.6 Å². The highest BCUT2D eigenvalue weighted by molar-refractivity contribution is 6.20. The van der Waals surface area contributed by atoms with Gasteiger partial charge in [0, 0.05) is 38.5 Å². The Hall–Kier alpha value is 2.00. The minimum atomic E-state index is -1.07. The molecular formula is C20H40Cl8N2O6. The average molecular weight is 688 g/mol. The van der Waals surface area contributed by atoms with Gasteiger partial charge in [0.1, 0.15) is 46.5 Å². The summed E-state index contributed by atoms with van der Waals surface area (Å²) in [7, 11) is 0. The molecule has 0 amide bonds. The zero-order chi connectivity index (χ0) is 26.4. The highest BCUT2D eigenvalue weighted by Gasteiger charge is 2.36. The summed E-state index contributed by atoms with van der Waals surface area (Å²) >= 11 is 34.9. The van der Waals surface area contributed by atoms with Crippen molar-refractivity contribution < 1.29 is 64.4 Å². The van der Waals surface area contributed by atoms with E-state index in [1.807, 2.05) is 0 Å². The molecule has 16 heteroatoms. The van der Waals surface area contributed by atoms with Gasteiger partial charge in [0.05, 0.1) is 39.3 Å². The second-order valence-corrected chi connectivity index (χ2v) is 11.8. The Bertz CT molecular complexity index is 416. The van der Waals surface area contributed by atoms with E-state index in [1.54, 1.807) is 0 Å². The van der Waals surface area contributed by atoms with Gasteiger partial charge in [-0.25, -0.2) is 0 Å². The summed E-state index contributed by atoms with van der Waals surface area (Å²) < 4.78 is 0.710. The van der Waals surface area contributed by atoms with Crippen LogP contribution in [0, 0.1) is 0 Å². The van der Waals surface area contributed by atoms with Gasteiger partial charge in [-0.05, 0) is 0 Å². The van der Waals surface area contributed by atoms with Gasteiger partial charge in [0.25, 0.3) is 0 Å². The fraction of sp³-hybridized carbons (Fsp3) is 1.00. The zero-order valence-electron chi connectivity index (χ0n) is 20.0. The van der Waals surface area contributed by atoms with Gasteiger partial charge < -0.3 is 64.4 Å². The second-order valence-electron chi connectivity index (χ2n) is 8.81. The van der Waals surface area contributed by atoms with Crippen molar-refractivity contribution in [1.82, 2.24) is 0 Å². The molecule has 36 heavy (non-hydrogen) atoms. The molecule has 0 saturated heterocycles. The zero-order valence-corrected chi connectivity index (χ0v) is 26.0. The standard InChI is InChI=1S/C20H40Cl6N2O6.2ClH/c21-15(29)1-7-27(8-2-16(22)30,9-3-17(23)31)13-14-28(10-4-18(24)32,11-5-19(25)33)12-6-20(26)34;;/h15-20,29-34H,1-14H2;2*1H/q+2;;/p-2. The van der Waals surface area contributed by atoms with Gasteiger partial charge in [-0.1, -0.05) is 69.6 Å². The number of nitrogens with zero attached hydrogens (tertiary/aromatic N) is 2. The summed E-state index contributed by atoms with van der Waals surface area (Å²) in [6.45, 7) is 3.63. The van der Waals surface area contributed by atoms with Crippen LogP contribution in [0.25, 0.3) is 0 Å². The topological polar surface area (TPSA) is 121 Å². The van der Waals surface area contributed by atoms with E-state index in [1.165, 1.54) is 0 Å². The molecule has 0 bridgehead atoms. The first-order valence-corrected chi connectivity index (χ1v) is 14.0. The molecule has 0 radical (unpaired) electrons. The molecule has 0 aromatic heterocycles. The van der Waals surface area contributed by atoms with Crippen LogP contribution in [0.3, 0.4) is 0 Å². The smallest absolute Gasteiger partial charge is 0.133 e. The maximum Gasteiger partial charge on any atom is 0.133 e. The summed E-state index contributed by atoms with van der Waals surface area (Å²) in [5.74, 6) is 0. The molecule has 0 fully saturated rings. The number of quaternary nitrogens is 2. The molecule has 0 aromatic rings. The maximum atomic E-state index is 9.71.